The van der Waals surface area contributed by atoms with Crippen LogP contribution < -0.4 is 20.9 Å². The Kier molecular flexibility index (Phi) is 5.76. The molecule has 1 aliphatic rings. The Morgan fingerprint density at radius 1 is 1.06 bits per heavy atom. The summed E-state index contributed by atoms with van der Waals surface area (Å²) < 4.78 is 9.78. The first-order chi connectivity index (χ1) is 16.9. The summed E-state index contributed by atoms with van der Waals surface area (Å²) in [6.45, 7) is 5.60. The molecule has 3 heterocycles. The molecule has 0 N–H and O–H groups in total. The molecule has 0 aliphatic carbocycles. The van der Waals surface area contributed by atoms with Crippen LogP contribution in [0.5, 0.6) is 5.75 Å². The summed E-state index contributed by atoms with van der Waals surface area (Å²) in [6, 6.07) is 16.4. The number of carbonyl (C=O) groups is 1. The predicted molar refractivity (Wildman–Crippen MR) is 134 cm³/mol. The quantitative estimate of drug-likeness (QED) is 0.400. The first kappa shape index (κ1) is 22.6. The zero-order valence-corrected chi connectivity index (χ0v) is 20.0. The highest BCUT2D eigenvalue weighted by Gasteiger charge is 2.30. The van der Waals surface area contributed by atoms with Gasteiger partial charge in [0.25, 0.3) is 5.56 Å². The standard InChI is InChI=1S/C26H27N5O4/c1-4-35-20-12-10-19(11-13-20)29-14-17(2)15-30-22-23(27-25(29)30)28(3)26(34)31(24(22)33)16-21(32)18-8-6-5-7-9-18/h5-13,17H,4,14-16H2,1-3H3/t17-/m1/s1. The first-order valence-corrected chi connectivity index (χ1v) is 11.7. The molecule has 0 unspecified atom stereocenters. The number of nitrogens with zero attached hydrogens (tertiary/aromatic N) is 5. The third-order valence-corrected chi connectivity index (χ3v) is 6.30. The molecule has 1 aliphatic heterocycles. The zero-order valence-electron chi connectivity index (χ0n) is 20.0. The number of aryl methyl sites for hydroxylation is 1. The summed E-state index contributed by atoms with van der Waals surface area (Å²) in [5.41, 5.74) is 0.928. The molecule has 0 fully saturated rings. The van der Waals surface area contributed by atoms with E-state index in [0.29, 0.717) is 42.4 Å². The van der Waals surface area contributed by atoms with E-state index in [9.17, 15) is 14.4 Å². The maximum Gasteiger partial charge on any atom is 0.332 e. The number of aromatic nitrogens is 4. The van der Waals surface area contributed by atoms with E-state index in [-0.39, 0.29) is 18.2 Å². The van der Waals surface area contributed by atoms with Crippen molar-refractivity contribution in [3.8, 4) is 5.75 Å². The minimum Gasteiger partial charge on any atom is -0.494 e. The van der Waals surface area contributed by atoms with Crippen molar-refractivity contribution >= 4 is 28.6 Å². The van der Waals surface area contributed by atoms with Crippen LogP contribution in [0.2, 0.25) is 0 Å². The van der Waals surface area contributed by atoms with Crippen LogP contribution in [0, 0.1) is 5.92 Å². The van der Waals surface area contributed by atoms with Gasteiger partial charge in [0.2, 0.25) is 5.95 Å². The predicted octanol–water partition coefficient (Wildman–Crippen LogP) is 2.97. The van der Waals surface area contributed by atoms with Gasteiger partial charge in [-0.3, -0.25) is 18.7 Å². The molecule has 9 nitrogen and oxygen atoms in total. The fourth-order valence-electron chi connectivity index (χ4n) is 4.61. The van der Waals surface area contributed by atoms with E-state index in [1.54, 1.807) is 31.3 Å². The average Bonchev–Trinajstić information content (AvgIpc) is 3.25. The van der Waals surface area contributed by atoms with Gasteiger partial charge in [0.1, 0.15) is 5.75 Å². The van der Waals surface area contributed by atoms with Crippen molar-refractivity contribution in [3.05, 3.63) is 81.0 Å². The van der Waals surface area contributed by atoms with Crippen LogP contribution in [0.1, 0.15) is 24.2 Å². The van der Waals surface area contributed by atoms with E-state index >= 15 is 0 Å². The van der Waals surface area contributed by atoms with Crippen molar-refractivity contribution in [2.24, 2.45) is 13.0 Å². The van der Waals surface area contributed by atoms with Crippen molar-refractivity contribution in [2.75, 3.05) is 18.1 Å². The lowest BCUT2D eigenvalue weighted by Crippen LogP contribution is -2.42. The van der Waals surface area contributed by atoms with Crippen molar-refractivity contribution < 1.29 is 9.53 Å². The first-order valence-electron chi connectivity index (χ1n) is 11.7. The van der Waals surface area contributed by atoms with Crippen LogP contribution in [-0.4, -0.2) is 37.6 Å². The molecule has 1 atom stereocenters. The van der Waals surface area contributed by atoms with Crippen molar-refractivity contribution in [1.29, 1.82) is 0 Å². The average molecular weight is 474 g/mol. The number of hydrogen-bond donors (Lipinski definition) is 0. The van der Waals surface area contributed by atoms with Gasteiger partial charge < -0.3 is 14.2 Å². The minimum absolute atomic E-state index is 0.225. The van der Waals surface area contributed by atoms with E-state index in [1.807, 2.05) is 46.7 Å². The van der Waals surface area contributed by atoms with Gasteiger partial charge in [-0.1, -0.05) is 37.3 Å². The van der Waals surface area contributed by atoms with Gasteiger partial charge in [-0.05, 0) is 37.1 Å². The van der Waals surface area contributed by atoms with Crippen LogP contribution in [0.4, 0.5) is 11.6 Å². The van der Waals surface area contributed by atoms with Crippen LogP contribution >= 0.6 is 0 Å². The fraction of sp³-hybridized carbons (Fsp3) is 0.308. The van der Waals surface area contributed by atoms with Gasteiger partial charge in [-0.15, -0.1) is 0 Å². The molecule has 0 spiro atoms. The molecule has 5 rings (SSSR count). The maximum atomic E-state index is 13.6. The van der Waals surface area contributed by atoms with E-state index in [1.165, 1.54) is 4.57 Å². The van der Waals surface area contributed by atoms with E-state index < -0.39 is 11.2 Å². The summed E-state index contributed by atoms with van der Waals surface area (Å²) in [5.74, 6) is 1.30. The van der Waals surface area contributed by atoms with Crippen LogP contribution in [-0.2, 0) is 20.1 Å². The summed E-state index contributed by atoms with van der Waals surface area (Å²) in [6.07, 6.45) is 0. The fourth-order valence-corrected chi connectivity index (χ4v) is 4.61. The van der Waals surface area contributed by atoms with E-state index in [2.05, 4.69) is 6.92 Å². The Balaban J connectivity index is 1.63. The largest absolute Gasteiger partial charge is 0.494 e. The lowest BCUT2D eigenvalue weighted by atomic mass is 10.1. The molecule has 35 heavy (non-hydrogen) atoms. The number of rotatable bonds is 6. The number of imidazole rings is 1. The van der Waals surface area contributed by atoms with Crippen molar-refractivity contribution in [2.45, 2.75) is 26.9 Å². The van der Waals surface area contributed by atoms with Gasteiger partial charge in [-0.25, -0.2) is 4.79 Å². The Hall–Kier alpha value is -4.14. The lowest BCUT2D eigenvalue weighted by Gasteiger charge is -2.33. The molecular formula is C26H27N5O4. The molecule has 9 heteroatoms. The smallest absolute Gasteiger partial charge is 0.332 e. The Bertz CT molecular complexity index is 1520. The normalized spacial score (nSPS) is 15.3. The summed E-state index contributed by atoms with van der Waals surface area (Å²) >= 11 is 0. The van der Waals surface area contributed by atoms with Crippen LogP contribution in [0.3, 0.4) is 0 Å². The number of carbonyl (C=O) groups excluding carboxylic acids is 1. The zero-order chi connectivity index (χ0) is 24.7. The highest BCUT2D eigenvalue weighted by atomic mass is 16.5. The number of fused-ring (bicyclic) bond motifs is 3. The second-order valence-electron chi connectivity index (χ2n) is 8.86. The number of benzene rings is 2. The minimum atomic E-state index is -0.567. The molecule has 0 radical (unpaired) electrons. The van der Waals surface area contributed by atoms with E-state index in [0.717, 1.165) is 16.0 Å². The number of hydrogen-bond acceptors (Lipinski definition) is 6. The second-order valence-corrected chi connectivity index (χ2v) is 8.86. The van der Waals surface area contributed by atoms with E-state index in [4.69, 9.17) is 9.72 Å². The molecule has 180 valence electrons. The molecule has 0 bridgehead atoms. The van der Waals surface area contributed by atoms with Gasteiger partial charge >= 0.3 is 5.69 Å². The summed E-state index contributed by atoms with van der Waals surface area (Å²) in [7, 11) is 1.58. The molecule has 0 saturated heterocycles. The molecule has 0 amide bonds. The summed E-state index contributed by atoms with van der Waals surface area (Å²) in [5, 5.41) is 0. The van der Waals surface area contributed by atoms with Crippen molar-refractivity contribution in [3.63, 3.8) is 0 Å². The van der Waals surface area contributed by atoms with Crippen LogP contribution in [0.15, 0.2) is 64.2 Å². The monoisotopic (exact) mass is 473 g/mol. The molecule has 2 aromatic heterocycles. The third kappa shape index (κ3) is 3.92. The van der Waals surface area contributed by atoms with Gasteiger partial charge in [-0.2, -0.15) is 4.98 Å². The van der Waals surface area contributed by atoms with Crippen molar-refractivity contribution in [1.82, 2.24) is 18.7 Å². The number of ketones is 1. The SMILES string of the molecule is CCOc1ccc(N2C[C@@H](C)Cn3c2nc2c3c(=O)n(CC(=O)c3ccccc3)c(=O)n2C)cc1. The third-order valence-electron chi connectivity index (χ3n) is 6.30. The number of ether oxygens (including phenoxy) is 1. The van der Waals surface area contributed by atoms with Gasteiger partial charge in [0, 0.05) is 31.4 Å². The van der Waals surface area contributed by atoms with Gasteiger partial charge in [0.05, 0.1) is 13.2 Å². The molecule has 2 aromatic carbocycles. The van der Waals surface area contributed by atoms with Crippen LogP contribution in [0.25, 0.3) is 11.2 Å². The molecule has 0 saturated carbocycles. The Morgan fingerprint density at radius 3 is 2.46 bits per heavy atom. The highest BCUT2D eigenvalue weighted by Crippen LogP contribution is 2.33. The molecule has 4 aromatic rings. The van der Waals surface area contributed by atoms with Gasteiger partial charge in [0.15, 0.2) is 16.9 Å². The Morgan fingerprint density at radius 2 is 1.77 bits per heavy atom. The topological polar surface area (TPSA) is 91.4 Å². The second kappa shape index (κ2) is 8.90. The number of anilines is 2. The Labute approximate surface area is 201 Å². The highest BCUT2D eigenvalue weighted by molar-refractivity contribution is 5.96. The lowest BCUT2D eigenvalue weighted by molar-refractivity contribution is 0.0969. The summed E-state index contributed by atoms with van der Waals surface area (Å²) in [4.78, 5) is 46.2. The molecular weight excluding hydrogens is 446 g/mol. The maximum absolute atomic E-state index is 13.6. The number of Topliss-reactive ketones (excluding diaryl/α,β-unsaturated/α-hetero) is 1.